The molecule has 0 aromatic rings. The number of halogens is 3. The van der Waals surface area contributed by atoms with Crippen LogP contribution in [0.1, 0.15) is 58.8 Å². The Hall–Kier alpha value is -0.540. The molecule has 0 saturated heterocycles. The van der Waals surface area contributed by atoms with Gasteiger partial charge in [-0.05, 0) is 12.8 Å². The molecule has 0 aromatic carbocycles. The van der Waals surface area contributed by atoms with Crippen molar-refractivity contribution in [2.45, 2.75) is 65.0 Å². The van der Waals surface area contributed by atoms with Crippen molar-refractivity contribution in [3.05, 3.63) is 0 Å². The van der Waals surface area contributed by atoms with Gasteiger partial charge in [0.1, 0.15) is 11.7 Å². The van der Waals surface area contributed by atoms with E-state index in [1.54, 1.807) is 0 Å². The molecule has 0 radical (unpaired) electrons. The molecule has 1 nitrogen and oxygen atoms in total. The Balaban J connectivity index is 4.22. The van der Waals surface area contributed by atoms with Crippen molar-refractivity contribution in [2.75, 3.05) is 0 Å². The molecule has 0 aliphatic carbocycles. The molecule has 0 heterocycles. The molecule has 0 amide bonds. The number of rotatable bonds is 8. The number of hydrogen-bond donors (Lipinski definition) is 0. The topological polar surface area (TPSA) is 17.1 Å². The second-order valence-corrected chi connectivity index (χ2v) is 4.16. The summed E-state index contributed by atoms with van der Waals surface area (Å²) in [4.78, 5) is 11.5. The predicted octanol–water partition coefficient (Wildman–Crippen LogP) is 4.50. The molecular weight excluding hydrogens is 217 g/mol. The standard InChI is InChI=1S/C12H21F3O/c1-3-5-7-9-11(16)10(8-6-4-2)12(13,14)15/h10H,3-9H2,1-2H3. The first kappa shape index (κ1) is 15.5. The van der Waals surface area contributed by atoms with E-state index in [4.69, 9.17) is 0 Å². The van der Waals surface area contributed by atoms with Crippen LogP contribution < -0.4 is 0 Å². The maximum Gasteiger partial charge on any atom is 0.398 e. The van der Waals surface area contributed by atoms with Crippen molar-refractivity contribution in [3.63, 3.8) is 0 Å². The molecule has 0 N–H and O–H groups in total. The van der Waals surface area contributed by atoms with Gasteiger partial charge in [0.2, 0.25) is 0 Å². The molecule has 0 saturated carbocycles. The van der Waals surface area contributed by atoms with Crippen LogP contribution in [0.5, 0.6) is 0 Å². The molecule has 0 fully saturated rings. The number of carbonyl (C=O) groups excluding carboxylic acids is 1. The van der Waals surface area contributed by atoms with Crippen LogP contribution in [0.2, 0.25) is 0 Å². The zero-order valence-electron chi connectivity index (χ0n) is 10.1. The van der Waals surface area contributed by atoms with Gasteiger partial charge in [0.15, 0.2) is 0 Å². The second-order valence-electron chi connectivity index (χ2n) is 4.16. The fourth-order valence-electron chi connectivity index (χ4n) is 1.64. The van der Waals surface area contributed by atoms with Gasteiger partial charge in [0.25, 0.3) is 0 Å². The van der Waals surface area contributed by atoms with Gasteiger partial charge in [-0.3, -0.25) is 4.79 Å². The molecule has 1 atom stereocenters. The molecule has 0 aliphatic rings. The van der Waals surface area contributed by atoms with E-state index in [1.165, 1.54) is 0 Å². The lowest BCUT2D eigenvalue weighted by Crippen LogP contribution is -2.30. The first-order valence-electron chi connectivity index (χ1n) is 6.02. The summed E-state index contributed by atoms with van der Waals surface area (Å²) in [6.45, 7) is 3.79. The fraction of sp³-hybridized carbons (Fsp3) is 0.917. The normalized spacial score (nSPS) is 13.8. The Bertz CT molecular complexity index is 199. The number of carbonyl (C=O) groups is 1. The zero-order valence-corrected chi connectivity index (χ0v) is 10.1. The Morgan fingerprint density at radius 3 is 2.06 bits per heavy atom. The van der Waals surface area contributed by atoms with Crippen LogP contribution in [-0.4, -0.2) is 12.0 Å². The number of alkyl halides is 3. The van der Waals surface area contributed by atoms with Gasteiger partial charge in [-0.2, -0.15) is 13.2 Å². The van der Waals surface area contributed by atoms with Gasteiger partial charge < -0.3 is 0 Å². The Kier molecular flexibility index (Phi) is 7.43. The maximum absolute atomic E-state index is 12.6. The average molecular weight is 238 g/mol. The molecule has 0 aliphatic heterocycles. The first-order chi connectivity index (χ1) is 7.43. The van der Waals surface area contributed by atoms with Crippen molar-refractivity contribution in [3.8, 4) is 0 Å². The van der Waals surface area contributed by atoms with E-state index >= 15 is 0 Å². The van der Waals surface area contributed by atoms with Crippen LogP contribution in [0, 0.1) is 5.92 Å². The summed E-state index contributed by atoms with van der Waals surface area (Å²) in [6, 6.07) is 0. The third-order valence-corrected chi connectivity index (χ3v) is 2.66. The average Bonchev–Trinajstić information content (AvgIpc) is 2.16. The van der Waals surface area contributed by atoms with Crippen molar-refractivity contribution in [1.29, 1.82) is 0 Å². The highest BCUT2D eigenvalue weighted by Gasteiger charge is 2.43. The van der Waals surface area contributed by atoms with E-state index in [0.717, 1.165) is 12.8 Å². The van der Waals surface area contributed by atoms with E-state index in [2.05, 4.69) is 0 Å². The highest BCUT2D eigenvalue weighted by Crippen LogP contribution is 2.32. The van der Waals surface area contributed by atoms with Crippen LogP contribution in [-0.2, 0) is 4.79 Å². The maximum atomic E-state index is 12.6. The molecular formula is C12H21F3O. The van der Waals surface area contributed by atoms with Crippen molar-refractivity contribution in [2.24, 2.45) is 5.92 Å². The van der Waals surface area contributed by atoms with Crippen LogP contribution in [0.15, 0.2) is 0 Å². The molecule has 4 heteroatoms. The number of Topliss-reactive ketones (excluding diaryl/α,β-unsaturated/α-hetero) is 1. The minimum Gasteiger partial charge on any atom is -0.299 e. The van der Waals surface area contributed by atoms with Gasteiger partial charge in [0, 0.05) is 6.42 Å². The van der Waals surface area contributed by atoms with Gasteiger partial charge in [-0.1, -0.05) is 39.5 Å². The Morgan fingerprint density at radius 1 is 1.06 bits per heavy atom. The summed E-state index contributed by atoms with van der Waals surface area (Å²) in [7, 11) is 0. The quantitative estimate of drug-likeness (QED) is 0.569. The SMILES string of the molecule is CCCCCC(=O)C(CCCC)C(F)(F)F. The molecule has 0 spiro atoms. The smallest absolute Gasteiger partial charge is 0.299 e. The van der Waals surface area contributed by atoms with Gasteiger partial charge >= 0.3 is 6.18 Å². The van der Waals surface area contributed by atoms with E-state index < -0.39 is 17.9 Å². The number of ketones is 1. The van der Waals surface area contributed by atoms with Crippen LogP contribution in [0.25, 0.3) is 0 Å². The highest BCUT2D eigenvalue weighted by atomic mass is 19.4. The Labute approximate surface area is 95.4 Å². The van der Waals surface area contributed by atoms with Crippen LogP contribution in [0.4, 0.5) is 13.2 Å². The van der Waals surface area contributed by atoms with Gasteiger partial charge in [-0.15, -0.1) is 0 Å². The van der Waals surface area contributed by atoms with Gasteiger partial charge in [0.05, 0.1) is 0 Å². The van der Waals surface area contributed by atoms with E-state index in [0.29, 0.717) is 19.3 Å². The zero-order chi connectivity index (χ0) is 12.6. The highest BCUT2D eigenvalue weighted by molar-refractivity contribution is 5.81. The van der Waals surface area contributed by atoms with Crippen molar-refractivity contribution in [1.82, 2.24) is 0 Å². The minimum atomic E-state index is -4.36. The van der Waals surface area contributed by atoms with Crippen LogP contribution >= 0.6 is 0 Å². The lowest BCUT2D eigenvalue weighted by molar-refractivity contribution is -0.183. The third kappa shape index (κ3) is 6.13. The molecule has 0 aromatic heterocycles. The molecule has 1 unspecified atom stereocenters. The Morgan fingerprint density at radius 2 is 1.62 bits per heavy atom. The summed E-state index contributed by atoms with van der Waals surface area (Å²) < 4.78 is 37.7. The number of unbranched alkanes of at least 4 members (excludes halogenated alkanes) is 3. The monoisotopic (exact) mass is 238 g/mol. The molecule has 16 heavy (non-hydrogen) atoms. The summed E-state index contributed by atoms with van der Waals surface area (Å²) in [5, 5.41) is 0. The summed E-state index contributed by atoms with van der Waals surface area (Å²) >= 11 is 0. The van der Waals surface area contributed by atoms with Gasteiger partial charge in [-0.25, -0.2) is 0 Å². The van der Waals surface area contributed by atoms with Crippen molar-refractivity contribution < 1.29 is 18.0 Å². The summed E-state index contributed by atoms with van der Waals surface area (Å²) in [6.07, 6.45) is -0.874. The summed E-state index contributed by atoms with van der Waals surface area (Å²) in [5.41, 5.74) is 0. The minimum absolute atomic E-state index is 0.0506. The van der Waals surface area contributed by atoms with Crippen LogP contribution in [0.3, 0.4) is 0 Å². The van der Waals surface area contributed by atoms with E-state index in [-0.39, 0.29) is 12.8 Å². The van der Waals surface area contributed by atoms with Crippen molar-refractivity contribution >= 4 is 5.78 Å². The predicted molar refractivity (Wildman–Crippen MR) is 58.2 cm³/mol. The lowest BCUT2D eigenvalue weighted by Gasteiger charge is -2.18. The largest absolute Gasteiger partial charge is 0.398 e. The lowest BCUT2D eigenvalue weighted by atomic mass is 9.93. The number of hydrogen-bond acceptors (Lipinski definition) is 1. The fourth-order valence-corrected chi connectivity index (χ4v) is 1.64. The molecule has 0 bridgehead atoms. The molecule has 96 valence electrons. The first-order valence-corrected chi connectivity index (χ1v) is 6.02. The van der Waals surface area contributed by atoms with E-state index in [9.17, 15) is 18.0 Å². The second kappa shape index (κ2) is 7.69. The third-order valence-electron chi connectivity index (χ3n) is 2.66. The van der Waals surface area contributed by atoms with E-state index in [1.807, 2.05) is 13.8 Å². The molecule has 0 rings (SSSR count). The summed E-state index contributed by atoms with van der Waals surface area (Å²) in [5.74, 6) is -2.36.